The first-order valence-electron chi connectivity index (χ1n) is 6.94. The van der Waals surface area contributed by atoms with E-state index < -0.39 is 0 Å². The zero-order valence-electron chi connectivity index (χ0n) is 11.4. The van der Waals surface area contributed by atoms with Gasteiger partial charge in [-0.3, -0.25) is 15.0 Å². The van der Waals surface area contributed by atoms with Crippen molar-refractivity contribution in [3.63, 3.8) is 0 Å². The van der Waals surface area contributed by atoms with Crippen molar-refractivity contribution in [2.45, 2.75) is 7.43 Å². The highest BCUT2D eigenvalue weighted by Crippen LogP contribution is 2.28. The largest absolute Gasteiger partial charge is 0.278 e. The van der Waals surface area contributed by atoms with E-state index in [0.29, 0.717) is 6.54 Å². The molecule has 0 spiro atoms. The van der Waals surface area contributed by atoms with Crippen LogP contribution in [0.4, 0.5) is 0 Å². The molecule has 0 amide bonds. The standard InChI is InChI=1S/C18H13N3.CH4/c1-2-6-16-14(5-1)13(8-11-20-16)15-9-12-21-18(15)17-7-3-4-10-19-17;/h1-11H,12H2;1H4. The van der Waals surface area contributed by atoms with Crippen molar-refractivity contribution < 1.29 is 0 Å². The van der Waals surface area contributed by atoms with Crippen LogP contribution >= 0.6 is 0 Å². The Kier molecular flexibility index (Phi) is 3.79. The lowest BCUT2D eigenvalue weighted by molar-refractivity contribution is 1.25. The molecule has 0 fully saturated rings. The van der Waals surface area contributed by atoms with Gasteiger partial charge in [-0.1, -0.05) is 37.8 Å². The molecule has 1 aliphatic rings. The summed E-state index contributed by atoms with van der Waals surface area (Å²) in [6, 6.07) is 16.2. The van der Waals surface area contributed by atoms with Crippen molar-refractivity contribution in [3.05, 3.63) is 78.3 Å². The molecule has 1 aliphatic heterocycles. The number of pyridine rings is 2. The molecule has 4 rings (SSSR count). The number of fused-ring (bicyclic) bond motifs is 1. The predicted octanol–water partition coefficient (Wildman–Crippen LogP) is 4.15. The molecule has 0 radical (unpaired) electrons. The second-order valence-corrected chi connectivity index (χ2v) is 4.90. The lowest BCUT2D eigenvalue weighted by Crippen LogP contribution is -2.04. The van der Waals surface area contributed by atoms with Gasteiger partial charge in [-0.05, 0) is 29.8 Å². The molecule has 3 aromatic rings. The molecule has 0 atom stereocenters. The smallest absolute Gasteiger partial charge is 0.0910 e. The van der Waals surface area contributed by atoms with Gasteiger partial charge in [0.05, 0.1) is 23.5 Å². The van der Waals surface area contributed by atoms with Gasteiger partial charge >= 0.3 is 0 Å². The van der Waals surface area contributed by atoms with E-state index in [4.69, 9.17) is 0 Å². The summed E-state index contributed by atoms with van der Waals surface area (Å²) in [5.41, 5.74) is 5.20. The zero-order chi connectivity index (χ0) is 14.1. The fraction of sp³-hybridized carbons (Fsp3) is 0.105. The molecule has 2 aromatic heterocycles. The molecular weight excluding hydrogens is 270 g/mol. The van der Waals surface area contributed by atoms with Crippen LogP contribution in [0, 0.1) is 0 Å². The summed E-state index contributed by atoms with van der Waals surface area (Å²) >= 11 is 0. The van der Waals surface area contributed by atoms with E-state index in [0.717, 1.165) is 27.9 Å². The first kappa shape index (κ1) is 14.1. The Morgan fingerprint density at radius 1 is 0.818 bits per heavy atom. The summed E-state index contributed by atoms with van der Waals surface area (Å²) in [5, 5.41) is 1.15. The molecule has 1 aromatic carbocycles. The Morgan fingerprint density at radius 2 is 1.68 bits per heavy atom. The van der Waals surface area contributed by atoms with E-state index in [2.05, 4.69) is 33.2 Å². The SMILES string of the molecule is C.C1=C(c2ccnc3ccccc23)C(c2ccccn2)=NC1. The molecule has 3 heteroatoms. The van der Waals surface area contributed by atoms with Crippen LogP contribution in [0.3, 0.4) is 0 Å². The van der Waals surface area contributed by atoms with Crippen LogP contribution < -0.4 is 0 Å². The minimum Gasteiger partial charge on any atom is -0.278 e. The van der Waals surface area contributed by atoms with Crippen molar-refractivity contribution in [1.29, 1.82) is 0 Å². The van der Waals surface area contributed by atoms with Crippen molar-refractivity contribution in [1.82, 2.24) is 9.97 Å². The zero-order valence-corrected chi connectivity index (χ0v) is 11.4. The normalized spacial score (nSPS) is 13.5. The van der Waals surface area contributed by atoms with Gasteiger partial charge in [0, 0.05) is 23.4 Å². The number of hydrogen-bond acceptors (Lipinski definition) is 3. The summed E-state index contributed by atoms with van der Waals surface area (Å²) in [4.78, 5) is 13.5. The summed E-state index contributed by atoms with van der Waals surface area (Å²) in [7, 11) is 0. The maximum absolute atomic E-state index is 4.61. The predicted molar refractivity (Wildman–Crippen MR) is 92.1 cm³/mol. The van der Waals surface area contributed by atoms with Gasteiger partial charge in [0.2, 0.25) is 0 Å². The van der Waals surface area contributed by atoms with Crippen LogP contribution in [-0.2, 0) is 0 Å². The van der Waals surface area contributed by atoms with Crippen LogP contribution in [0.2, 0.25) is 0 Å². The average Bonchev–Trinajstić information content (AvgIpc) is 3.04. The maximum Gasteiger partial charge on any atom is 0.0910 e. The number of aromatic nitrogens is 2. The topological polar surface area (TPSA) is 38.1 Å². The Bertz CT molecular complexity index is 859. The number of nitrogens with zero attached hydrogens (tertiary/aromatic N) is 3. The molecule has 0 aliphatic carbocycles. The Labute approximate surface area is 130 Å². The van der Waals surface area contributed by atoms with E-state index >= 15 is 0 Å². The third-order valence-electron chi connectivity index (χ3n) is 3.65. The molecule has 108 valence electrons. The second kappa shape index (κ2) is 5.90. The van der Waals surface area contributed by atoms with Gasteiger partial charge in [0.15, 0.2) is 0 Å². The third kappa shape index (κ3) is 2.31. The second-order valence-electron chi connectivity index (χ2n) is 4.90. The first-order chi connectivity index (χ1) is 10.4. The van der Waals surface area contributed by atoms with Crippen LogP contribution in [0.1, 0.15) is 18.7 Å². The van der Waals surface area contributed by atoms with Gasteiger partial charge in [-0.25, -0.2) is 0 Å². The molecule has 0 saturated carbocycles. The molecule has 0 N–H and O–H groups in total. The minimum atomic E-state index is 0. The fourth-order valence-corrected chi connectivity index (χ4v) is 2.70. The summed E-state index contributed by atoms with van der Waals surface area (Å²) in [5.74, 6) is 0. The van der Waals surface area contributed by atoms with Crippen LogP contribution in [0.5, 0.6) is 0 Å². The molecular formula is C19H17N3. The number of para-hydroxylation sites is 1. The quantitative estimate of drug-likeness (QED) is 0.710. The Hall–Kier alpha value is -2.81. The van der Waals surface area contributed by atoms with Crippen molar-refractivity contribution in [3.8, 4) is 0 Å². The van der Waals surface area contributed by atoms with E-state index in [1.54, 1.807) is 6.20 Å². The van der Waals surface area contributed by atoms with Gasteiger partial charge < -0.3 is 0 Å². The van der Waals surface area contributed by atoms with Crippen LogP contribution in [0.25, 0.3) is 16.5 Å². The first-order valence-corrected chi connectivity index (χ1v) is 6.94. The van der Waals surface area contributed by atoms with Gasteiger partial charge in [0.25, 0.3) is 0 Å². The summed E-state index contributed by atoms with van der Waals surface area (Å²) in [6.45, 7) is 0.706. The van der Waals surface area contributed by atoms with Crippen molar-refractivity contribution in [2.24, 2.45) is 4.99 Å². The third-order valence-corrected chi connectivity index (χ3v) is 3.65. The van der Waals surface area contributed by atoms with Crippen LogP contribution in [0.15, 0.2) is 72.0 Å². The molecule has 0 bridgehead atoms. The highest BCUT2D eigenvalue weighted by molar-refractivity contribution is 6.34. The Balaban J connectivity index is 0.00000144. The van der Waals surface area contributed by atoms with E-state index in [9.17, 15) is 0 Å². The van der Waals surface area contributed by atoms with Crippen molar-refractivity contribution in [2.75, 3.05) is 6.54 Å². The highest BCUT2D eigenvalue weighted by atomic mass is 14.8. The van der Waals surface area contributed by atoms with Gasteiger partial charge in [-0.2, -0.15) is 0 Å². The van der Waals surface area contributed by atoms with Gasteiger partial charge in [0.1, 0.15) is 0 Å². The summed E-state index contributed by atoms with van der Waals surface area (Å²) in [6.07, 6.45) is 5.82. The number of benzene rings is 1. The molecule has 0 unspecified atom stereocenters. The van der Waals surface area contributed by atoms with E-state index in [1.807, 2.05) is 42.6 Å². The number of allylic oxidation sites excluding steroid dienone is 1. The number of aliphatic imine (C=N–C) groups is 1. The molecule has 22 heavy (non-hydrogen) atoms. The number of hydrogen-bond donors (Lipinski definition) is 0. The number of rotatable bonds is 2. The van der Waals surface area contributed by atoms with Crippen LogP contribution in [-0.4, -0.2) is 22.2 Å². The Morgan fingerprint density at radius 3 is 2.55 bits per heavy atom. The highest BCUT2D eigenvalue weighted by Gasteiger charge is 2.18. The van der Waals surface area contributed by atoms with E-state index in [1.165, 1.54) is 5.56 Å². The fourth-order valence-electron chi connectivity index (χ4n) is 2.70. The molecule has 3 heterocycles. The average molecular weight is 287 g/mol. The van der Waals surface area contributed by atoms with Crippen molar-refractivity contribution >= 4 is 22.2 Å². The molecule has 3 nitrogen and oxygen atoms in total. The lowest BCUT2D eigenvalue weighted by Gasteiger charge is -2.09. The molecule has 0 saturated heterocycles. The maximum atomic E-state index is 4.61. The van der Waals surface area contributed by atoms with E-state index in [-0.39, 0.29) is 7.43 Å². The minimum absolute atomic E-state index is 0. The summed E-state index contributed by atoms with van der Waals surface area (Å²) < 4.78 is 0. The lowest BCUT2D eigenvalue weighted by atomic mass is 9.96. The van der Waals surface area contributed by atoms with Gasteiger partial charge in [-0.15, -0.1) is 0 Å². The monoisotopic (exact) mass is 287 g/mol.